The van der Waals surface area contributed by atoms with Crippen molar-refractivity contribution in [3.05, 3.63) is 95.9 Å². The van der Waals surface area contributed by atoms with E-state index in [-0.39, 0.29) is 60.6 Å². The summed E-state index contributed by atoms with van der Waals surface area (Å²) in [7, 11) is 0. The van der Waals surface area contributed by atoms with Crippen LogP contribution in [0.4, 0.5) is 4.39 Å². The molecule has 9 nitrogen and oxygen atoms in total. The van der Waals surface area contributed by atoms with Crippen LogP contribution in [0.25, 0.3) is 11.0 Å². The topological polar surface area (TPSA) is 110 Å². The van der Waals surface area contributed by atoms with E-state index in [9.17, 15) is 14.3 Å². The van der Waals surface area contributed by atoms with Crippen molar-refractivity contribution in [1.29, 1.82) is 5.26 Å². The van der Waals surface area contributed by atoms with Gasteiger partial charge in [-0.1, -0.05) is 12.1 Å². The molecule has 2 saturated heterocycles. The second-order valence-corrected chi connectivity index (χ2v) is 11.0. The molecule has 0 amide bonds. The van der Waals surface area contributed by atoms with E-state index in [0.29, 0.717) is 18.8 Å². The summed E-state index contributed by atoms with van der Waals surface area (Å²) in [5, 5.41) is 18.4. The van der Waals surface area contributed by atoms with Crippen molar-refractivity contribution in [2.75, 3.05) is 13.2 Å². The Kier molecular flexibility index (Phi) is 9.93. The first-order valence-corrected chi connectivity index (χ1v) is 14.4. The van der Waals surface area contributed by atoms with E-state index in [0.717, 1.165) is 60.9 Å². The van der Waals surface area contributed by atoms with Gasteiger partial charge in [0.1, 0.15) is 18.2 Å². The summed E-state index contributed by atoms with van der Waals surface area (Å²) in [4.78, 5) is 18.8. The standard InChI is InChI=1S/C33H32FN4O5.Li/c1-21-13-26(43-25-4-2-3-23(14-25)20-42-31-8-5-22(17-35)15-28(31)34)9-11-37(21)19-32-36-29-7-6-24(33(39)40)16-30(29)38(32)18-27-10-12-41-27;/h2-8,14-16,21,26-27H,1,9-13,18-20H2,(H,39,40);/q-1;+1/t21-,26-,27-;/m0./s1. The van der Waals surface area contributed by atoms with Crippen LogP contribution in [-0.2, 0) is 24.4 Å². The van der Waals surface area contributed by atoms with Crippen LogP contribution in [-0.4, -0.2) is 56.9 Å². The molecular formula is C33H32FLiN4O5. The number of aromatic nitrogens is 2. The first kappa shape index (κ1) is 31.6. The van der Waals surface area contributed by atoms with Crippen LogP contribution < -0.4 is 28.3 Å². The number of carboxylic acids is 1. The van der Waals surface area contributed by atoms with E-state index < -0.39 is 11.8 Å². The van der Waals surface area contributed by atoms with Gasteiger partial charge in [-0.15, -0.1) is 6.04 Å². The van der Waals surface area contributed by atoms with Crippen molar-refractivity contribution >= 4 is 17.0 Å². The van der Waals surface area contributed by atoms with Crippen molar-refractivity contribution in [2.45, 2.75) is 57.2 Å². The second-order valence-electron chi connectivity index (χ2n) is 11.0. The Morgan fingerprint density at radius 2 is 2.02 bits per heavy atom. The maximum Gasteiger partial charge on any atom is 1.00 e. The zero-order chi connectivity index (χ0) is 29.9. The molecule has 0 radical (unpaired) electrons. The predicted octanol–water partition coefficient (Wildman–Crippen LogP) is 2.36. The number of nitriles is 1. The molecular weight excluding hydrogens is 558 g/mol. The fourth-order valence-electron chi connectivity index (χ4n) is 5.57. The quantitative estimate of drug-likeness (QED) is 0.222. The number of carboxylic acid groups (broad SMARTS) is 1. The normalized spacial score (nSPS) is 19.9. The largest absolute Gasteiger partial charge is 1.00 e. The second kappa shape index (κ2) is 13.8. The number of imidazole rings is 1. The Hall–Kier alpha value is -3.86. The number of hydrogen-bond donors (Lipinski definition) is 1. The molecule has 11 heteroatoms. The molecule has 3 heterocycles. The minimum Gasteiger partial charge on any atom is -0.490 e. The van der Waals surface area contributed by atoms with Gasteiger partial charge >= 0.3 is 24.8 Å². The number of rotatable bonds is 10. The van der Waals surface area contributed by atoms with Crippen LogP contribution in [0.1, 0.15) is 46.6 Å². The van der Waals surface area contributed by atoms with Crippen LogP contribution in [0.5, 0.6) is 11.5 Å². The van der Waals surface area contributed by atoms with E-state index in [1.54, 1.807) is 18.2 Å². The molecule has 6 rings (SSSR count). The molecule has 0 unspecified atom stereocenters. The van der Waals surface area contributed by atoms with E-state index >= 15 is 0 Å². The monoisotopic (exact) mass is 590 g/mol. The first-order valence-electron chi connectivity index (χ1n) is 14.4. The van der Waals surface area contributed by atoms with E-state index in [4.69, 9.17) is 24.5 Å². The number of likely N-dealkylation sites (tertiary alicyclic amines) is 1. The average molecular weight is 591 g/mol. The van der Waals surface area contributed by atoms with E-state index in [1.807, 2.05) is 30.3 Å². The number of fused-ring (bicyclic) bond motifs is 1. The van der Waals surface area contributed by atoms with Crippen LogP contribution in [0, 0.1) is 24.1 Å². The van der Waals surface area contributed by atoms with Crippen molar-refractivity contribution in [1.82, 2.24) is 14.5 Å². The summed E-state index contributed by atoms with van der Waals surface area (Å²) in [6.07, 6.45) is 2.58. The van der Waals surface area contributed by atoms with Gasteiger partial charge in [0.05, 0.1) is 53.5 Å². The zero-order valence-electron chi connectivity index (χ0n) is 24.6. The molecule has 44 heavy (non-hydrogen) atoms. The molecule has 4 aromatic rings. The number of nitrogens with zero attached hydrogens (tertiary/aromatic N) is 4. The number of carbonyl (C=O) groups is 1. The summed E-state index contributed by atoms with van der Waals surface area (Å²) in [6, 6.07) is 18.6. The molecule has 2 aliphatic heterocycles. The van der Waals surface area contributed by atoms with Gasteiger partial charge in [-0.3, -0.25) is 0 Å². The molecule has 0 bridgehead atoms. The van der Waals surface area contributed by atoms with Gasteiger partial charge in [0.15, 0.2) is 11.6 Å². The molecule has 1 aromatic heterocycles. The zero-order valence-corrected chi connectivity index (χ0v) is 24.6. The smallest absolute Gasteiger partial charge is 0.490 e. The molecule has 2 aliphatic rings. The summed E-state index contributed by atoms with van der Waals surface area (Å²) in [5.41, 5.74) is 2.88. The van der Waals surface area contributed by atoms with Crippen LogP contribution in [0.15, 0.2) is 60.7 Å². The Balaban J connectivity index is 0.00000384. The minimum atomic E-state index is -0.964. The molecule has 3 aromatic carbocycles. The average Bonchev–Trinajstić information content (AvgIpc) is 3.31. The van der Waals surface area contributed by atoms with Crippen LogP contribution in [0.3, 0.4) is 0 Å². The number of aromatic carboxylic acids is 1. The molecule has 3 atom stereocenters. The number of piperidine rings is 1. The molecule has 0 saturated carbocycles. The summed E-state index contributed by atoms with van der Waals surface area (Å²) in [5.74, 6) is 0.135. The third kappa shape index (κ3) is 7.09. The Morgan fingerprint density at radius 3 is 2.73 bits per heavy atom. The third-order valence-corrected chi connectivity index (χ3v) is 8.04. The van der Waals surface area contributed by atoms with Gasteiger partial charge in [0.2, 0.25) is 0 Å². The maximum atomic E-state index is 14.2. The van der Waals surface area contributed by atoms with Gasteiger partial charge in [-0.05, 0) is 79.9 Å². The number of ether oxygens (including phenoxy) is 3. The van der Waals surface area contributed by atoms with Crippen molar-refractivity contribution in [2.24, 2.45) is 0 Å². The Labute approximate surface area is 267 Å². The van der Waals surface area contributed by atoms with Crippen LogP contribution in [0.2, 0.25) is 0 Å². The molecule has 0 aliphatic carbocycles. The first-order chi connectivity index (χ1) is 20.9. The van der Waals surface area contributed by atoms with Gasteiger partial charge in [-0.25, -0.2) is 14.2 Å². The SMILES string of the molecule is [CH2-][C@H]1C[C@@H](Oc2cccc(COc3ccc(C#N)cc3F)c2)CCN1Cc1nc2ccc(C(=O)O)cc2n1C[C@@H]1CCO1.[Li+]. The predicted molar refractivity (Wildman–Crippen MR) is 156 cm³/mol. The van der Waals surface area contributed by atoms with Crippen LogP contribution >= 0.6 is 0 Å². The fraction of sp³-hybridized carbons (Fsp3) is 0.333. The maximum absolute atomic E-state index is 14.2. The summed E-state index contributed by atoms with van der Waals surface area (Å²) >= 11 is 0. The fourth-order valence-corrected chi connectivity index (χ4v) is 5.57. The molecule has 0 spiro atoms. The van der Waals surface area contributed by atoms with Gasteiger partial charge < -0.3 is 35.7 Å². The molecule has 1 N–H and O–H groups in total. The Bertz CT molecular complexity index is 1680. The van der Waals surface area contributed by atoms with E-state index in [2.05, 4.69) is 16.4 Å². The van der Waals surface area contributed by atoms with Gasteiger partial charge in [0.25, 0.3) is 0 Å². The third-order valence-electron chi connectivity index (χ3n) is 8.04. The van der Waals surface area contributed by atoms with E-state index in [1.165, 1.54) is 12.1 Å². The Morgan fingerprint density at radius 1 is 1.18 bits per heavy atom. The van der Waals surface area contributed by atoms with Gasteiger partial charge in [-0.2, -0.15) is 5.26 Å². The number of hydrogen-bond acceptors (Lipinski definition) is 7. The molecule has 2 fully saturated rings. The van der Waals surface area contributed by atoms with Crippen molar-refractivity contribution < 1.29 is 47.4 Å². The molecule has 222 valence electrons. The van der Waals surface area contributed by atoms with Crippen molar-refractivity contribution in [3.63, 3.8) is 0 Å². The van der Waals surface area contributed by atoms with Gasteiger partial charge in [0, 0.05) is 6.61 Å². The number of benzene rings is 3. The summed E-state index contributed by atoms with van der Waals surface area (Å²) < 4.78 is 33.9. The summed E-state index contributed by atoms with van der Waals surface area (Å²) in [6.45, 7) is 7.30. The van der Waals surface area contributed by atoms with Crippen molar-refractivity contribution in [3.8, 4) is 17.6 Å². The minimum absolute atomic E-state index is 0. The number of halogens is 1.